The van der Waals surface area contributed by atoms with Crippen molar-refractivity contribution >= 4 is 47.2 Å². The summed E-state index contributed by atoms with van der Waals surface area (Å²) in [5.41, 5.74) is 2.75. The Morgan fingerprint density at radius 3 is 2.31 bits per heavy atom. The average molecular weight is 687 g/mol. The van der Waals surface area contributed by atoms with E-state index >= 15 is 0 Å². The summed E-state index contributed by atoms with van der Waals surface area (Å²) in [6.07, 6.45) is 12.1. The van der Waals surface area contributed by atoms with Crippen molar-refractivity contribution in [3.8, 4) is 34.1 Å². The number of carbonyl (C=O) groups excluding carboxylic acids is 2. The highest BCUT2D eigenvalue weighted by Crippen LogP contribution is 2.32. The minimum absolute atomic E-state index is 0.000958. The lowest BCUT2D eigenvalue weighted by atomic mass is 9.95. The number of benzene rings is 1. The first kappa shape index (κ1) is 33.3. The van der Waals surface area contributed by atoms with E-state index in [9.17, 15) is 9.59 Å². The quantitative estimate of drug-likeness (QED) is 0.129. The second-order valence-electron chi connectivity index (χ2n) is 12.5. The maximum absolute atomic E-state index is 12.9. The van der Waals surface area contributed by atoms with Crippen LogP contribution >= 0.6 is 23.5 Å². The van der Waals surface area contributed by atoms with Gasteiger partial charge in [-0.15, -0.1) is 20.4 Å². The summed E-state index contributed by atoms with van der Waals surface area (Å²) in [5, 5.41) is 24.6. The molecule has 48 heavy (non-hydrogen) atoms. The number of aromatic nitrogens is 6. The average Bonchev–Trinajstić information content (AvgIpc) is 3.89. The van der Waals surface area contributed by atoms with Crippen LogP contribution in [0.4, 0.5) is 5.69 Å². The van der Waals surface area contributed by atoms with E-state index in [1.54, 1.807) is 29.6 Å². The molecule has 2 amide bonds. The van der Waals surface area contributed by atoms with Crippen LogP contribution in [0.2, 0.25) is 0 Å². The third-order valence-electron chi connectivity index (χ3n) is 7.88. The van der Waals surface area contributed by atoms with Crippen molar-refractivity contribution in [1.29, 1.82) is 0 Å². The van der Waals surface area contributed by atoms with Gasteiger partial charge in [-0.25, -0.2) is 0 Å². The SMILES string of the molecule is C=Cn1c(SCC(=O)NC2CCCCC2)nnc1-c1coc(-c2ccc(NC(=O)CSc3nnc(-c4ccoc4)n3C(C)(C)C)cc2)c1. The Morgan fingerprint density at radius 2 is 1.60 bits per heavy atom. The number of hydrogen-bond acceptors (Lipinski definition) is 10. The molecule has 0 aliphatic heterocycles. The Hall–Kier alpha value is -4.56. The third kappa shape index (κ3) is 7.76. The number of nitrogens with one attached hydrogen (secondary N) is 2. The monoisotopic (exact) mass is 686 g/mol. The number of anilines is 1. The fourth-order valence-electron chi connectivity index (χ4n) is 5.58. The van der Waals surface area contributed by atoms with Gasteiger partial charge in [0.1, 0.15) is 18.3 Å². The van der Waals surface area contributed by atoms with E-state index in [0.717, 1.165) is 29.5 Å². The van der Waals surface area contributed by atoms with Gasteiger partial charge in [0, 0.05) is 29.0 Å². The summed E-state index contributed by atoms with van der Waals surface area (Å²) in [4.78, 5) is 25.4. The number of nitrogens with zero attached hydrogens (tertiary/aromatic N) is 6. The molecule has 6 rings (SSSR count). The van der Waals surface area contributed by atoms with Gasteiger partial charge in [-0.1, -0.05) is 49.4 Å². The van der Waals surface area contributed by atoms with Gasteiger partial charge in [-0.3, -0.25) is 18.7 Å². The predicted molar refractivity (Wildman–Crippen MR) is 187 cm³/mol. The maximum Gasteiger partial charge on any atom is 0.234 e. The number of amides is 2. The van der Waals surface area contributed by atoms with Crippen molar-refractivity contribution in [2.24, 2.45) is 0 Å². The normalized spacial score (nSPS) is 13.8. The first-order valence-corrected chi connectivity index (χ1v) is 17.8. The van der Waals surface area contributed by atoms with Gasteiger partial charge in [-0.2, -0.15) is 0 Å². The zero-order valence-corrected chi connectivity index (χ0v) is 28.8. The summed E-state index contributed by atoms with van der Waals surface area (Å²) in [6, 6.07) is 11.4. The zero-order chi connectivity index (χ0) is 33.7. The van der Waals surface area contributed by atoms with Gasteiger partial charge >= 0.3 is 0 Å². The molecule has 250 valence electrons. The van der Waals surface area contributed by atoms with Crippen LogP contribution in [0.25, 0.3) is 40.3 Å². The van der Waals surface area contributed by atoms with E-state index in [0.29, 0.717) is 33.4 Å². The second-order valence-corrected chi connectivity index (χ2v) is 14.4. The predicted octanol–water partition coefficient (Wildman–Crippen LogP) is 7.18. The molecule has 12 nitrogen and oxygen atoms in total. The van der Waals surface area contributed by atoms with E-state index in [1.165, 1.54) is 42.8 Å². The van der Waals surface area contributed by atoms with Gasteiger partial charge in [-0.05, 0) is 70.0 Å². The summed E-state index contributed by atoms with van der Waals surface area (Å²) in [6.45, 7) is 10.1. The molecular formula is C34H38N8O4S2. The highest BCUT2D eigenvalue weighted by atomic mass is 32.2. The molecule has 1 aliphatic rings. The summed E-state index contributed by atoms with van der Waals surface area (Å²) < 4.78 is 14.9. The molecule has 4 aromatic heterocycles. The zero-order valence-electron chi connectivity index (χ0n) is 27.1. The number of furan rings is 2. The molecule has 1 aromatic carbocycles. The molecule has 4 heterocycles. The van der Waals surface area contributed by atoms with Crippen molar-refractivity contribution < 1.29 is 18.4 Å². The van der Waals surface area contributed by atoms with Crippen molar-refractivity contribution in [2.75, 3.05) is 16.8 Å². The lowest BCUT2D eigenvalue weighted by Crippen LogP contribution is -2.37. The fourth-order valence-corrected chi connectivity index (χ4v) is 7.24. The number of rotatable bonds is 12. The molecule has 0 atom stereocenters. The van der Waals surface area contributed by atoms with E-state index in [-0.39, 0.29) is 34.9 Å². The Bertz CT molecular complexity index is 1860. The third-order valence-corrected chi connectivity index (χ3v) is 9.75. The van der Waals surface area contributed by atoms with Crippen LogP contribution in [-0.4, -0.2) is 58.9 Å². The lowest BCUT2D eigenvalue weighted by molar-refractivity contribution is -0.119. The van der Waals surface area contributed by atoms with Crippen LogP contribution in [0.1, 0.15) is 52.9 Å². The number of carbonyl (C=O) groups is 2. The molecule has 1 fully saturated rings. The van der Waals surface area contributed by atoms with Crippen molar-refractivity contribution in [3.05, 3.63) is 61.8 Å². The Kier molecular flexibility index (Phi) is 10.2. The Balaban J connectivity index is 1.05. The van der Waals surface area contributed by atoms with E-state index in [1.807, 2.05) is 41.0 Å². The van der Waals surface area contributed by atoms with Gasteiger partial charge in [0.15, 0.2) is 22.0 Å². The molecule has 2 N–H and O–H groups in total. The van der Waals surface area contributed by atoms with Crippen LogP contribution in [0.3, 0.4) is 0 Å². The van der Waals surface area contributed by atoms with Crippen LogP contribution in [-0.2, 0) is 15.1 Å². The minimum atomic E-state index is -0.301. The molecule has 14 heteroatoms. The molecular weight excluding hydrogens is 649 g/mol. The topological polar surface area (TPSA) is 146 Å². The highest BCUT2D eigenvalue weighted by molar-refractivity contribution is 8.00. The molecule has 0 unspecified atom stereocenters. The molecule has 0 saturated heterocycles. The van der Waals surface area contributed by atoms with Crippen molar-refractivity contribution in [3.63, 3.8) is 0 Å². The second kappa shape index (κ2) is 14.7. The standard InChI is InChI=1S/C34H38N8O4S2/c1-5-41-30(37-39-32(41)47-20-28(43)35-25-9-7-6-8-10-25)24-17-27(46-19-24)22-11-13-26(14-12-22)36-29(44)21-48-33-40-38-31(23-15-16-45-18-23)42(33)34(2,3)4/h5,11-19,25H,1,6-10,20-21H2,2-4H3,(H,35,43)(H,36,44). The molecule has 0 bridgehead atoms. The minimum Gasteiger partial charge on any atom is -0.472 e. The Morgan fingerprint density at radius 1 is 0.896 bits per heavy atom. The van der Waals surface area contributed by atoms with Crippen molar-refractivity contribution in [1.82, 2.24) is 34.8 Å². The molecule has 0 spiro atoms. The van der Waals surface area contributed by atoms with E-state index in [4.69, 9.17) is 8.83 Å². The molecule has 5 aromatic rings. The van der Waals surface area contributed by atoms with Gasteiger partial charge in [0.25, 0.3) is 0 Å². The molecule has 1 saturated carbocycles. The van der Waals surface area contributed by atoms with Crippen LogP contribution in [0, 0.1) is 0 Å². The lowest BCUT2D eigenvalue weighted by Gasteiger charge is -2.24. The van der Waals surface area contributed by atoms with Gasteiger partial charge in [0.05, 0.1) is 28.9 Å². The maximum atomic E-state index is 12.9. The first-order valence-electron chi connectivity index (χ1n) is 15.8. The highest BCUT2D eigenvalue weighted by Gasteiger charge is 2.25. The largest absolute Gasteiger partial charge is 0.472 e. The Labute approximate surface area is 287 Å². The van der Waals surface area contributed by atoms with Crippen molar-refractivity contribution in [2.45, 2.75) is 74.8 Å². The summed E-state index contributed by atoms with van der Waals surface area (Å²) >= 11 is 2.65. The van der Waals surface area contributed by atoms with Crippen LogP contribution in [0.5, 0.6) is 0 Å². The number of hydrogen-bond donors (Lipinski definition) is 2. The number of thioether (sulfide) groups is 2. The smallest absolute Gasteiger partial charge is 0.234 e. The fraction of sp³-hybridized carbons (Fsp3) is 0.353. The van der Waals surface area contributed by atoms with E-state index < -0.39 is 0 Å². The van der Waals surface area contributed by atoms with Gasteiger partial charge < -0.3 is 19.5 Å². The van der Waals surface area contributed by atoms with E-state index in [2.05, 4.69) is 58.4 Å². The molecule has 1 aliphatic carbocycles. The molecule has 0 radical (unpaired) electrons. The summed E-state index contributed by atoms with van der Waals surface area (Å²) in [7, 11) is 0. The first-order chi connectivity index (χ1) is 23.2. The van der Waals surface area contributed by atoms with Crippen LogP contribution < -0.4 is 10.6 Å². The summed E-state index contributed by atoms with van der Waals surface area (Å²) in [5.74, 6) is 2.15. The van der Waals surface area contributed by atoms with Crippen LogP contribution in [0.15, 0.2) is 80.9 Å². The van der Waals surface area contributed by atoms with Gasteiger partial charge in [0.2, 0.25) is 11.8 Å².